The topological polar surface area (TPSA) is 12.9 Å². The fourth-order valence-electron chi connectivity index (χ4n) is 1.37. The summed E-state index contributed by atoms with van der Waals surface area (Å²) in [4.78, 5) is 3.94. The minimum absolute atomic E-state index is 0.264. The first-order valence-electron chi connectivity index (χ1n) is 4.45. The summed E-state index contributed by atoms with van der Waals surface area (Å²) in [6.07, 6.45) is 1.44. The van der Waals surface area contributed by atoms with Gasteiger partial charge in [0.1, 0.15) is 5.15 Å². The lowest BCUT2D eigenvalue weighted by Gasteiger charge is -2.10. The second kappa shape index (κ2) is 5.21. The minimum Gasteiger partial charge on any atom is -0.242 e. The third kappa shape index (κ3) is 2.64. The summed E-state index contributed by atoms with van der Waals surface area (Å²) >= 11 is 30.0. The maximum Gasteiger partial charge on any atom is 0.137 e. The molecule has 1 heterocycles. The Morgan fingerprint density at radius 3 is 2.24 bits per heavy atom. The molecule has 1 aromatic heterocycles. The summed E-state index contributed by atoms with van der Waals surface area (Å²) in [5.74, 6) is 0. The molecule has 0 unspecified atom stereocenters. The van der Waals surface area contributed by atoms with Gasteiger partial charge in [-0.1, -0.05) is 58.0 Å². The Hall–Kier alpha value is -0.180. The van der Waals surface area contributed by atoms with Crippen LogP contribution in [0.25, 0.3) is 11.1 Å². The van der Waals surface area contributed by atoms with Gasteiger partial charge >= 0.3 is 0 Å². The molecule has 0 N–H and O–H groups in total. The van der Waals surface area contributed by atoms with Gasteiger partial charge in [0, 0.05) is 17.3 Å². The molecule has 2 rings (SSSR count). The van der Waals surface area contributed by atoms with E-state index in [-0.39, 0.29) is 5.15 Å². The summed E-state index contributed by atoms with van der Waals surface area (Å²) < 4.78 is 0. The number of hydrogen-bond acceptors (Lipinski definition) is 1. The second-order valence-corrected chi connectivity index (χ2v) is 5.20. The van der Waals surface area contributed by atoms with Crippen molar-refractivity contribution >= 4 is 58.0 Å². The van der Waals surface area contributed by atoms with Gasteiger partial charge < -0.3 is 0 Å². The van der Waals surface area contributed by atoms with Crippen molar-refractivity contribution in [1.29, 1.82) is 0 Å². The van der Waals surface area contributed by atoms with Crippen molar-refractivity contribution in [3.63, 3.8) is 0 Å². The van der Waals surface area contributed by atoms with Gasteiger partial charge in [0.25, 0.3) is 0 Å². The van der Waals surface area contributed by atoms with E-state index in [0.29, 0.717) is 31.2 Å². The van der Waals surface area contributed by atoms with E-state index >= 15 is 0 Å². The van der Waals surface area contributed by atoms with Crippen molar-refractivity contribution in [3.8, 4) is 11.1 Å². The Kier molecular flexibility index (Phi) is 4.06. The molecule has 0 aliphatic rings. The highest BCUT2D eigenvalue weighted by Gasteiger charge is 2.15. The fourth-order valence-corrected chi connectivity index (χ4v) is 2.46. The first-order valence-corrected chi connectivity index (χ1v) is 6.34. The maximum absolute atomic E-state index is 6.11. The van der Waals surface area contributed by atoms with Gasteiger partial charge in [-0.3, -0.25) is 0 Å². The monoisotopic (exact) mass is 325 g/mol. The van der Waals surface area contributed by atoms with Crippen LogP contribution >= 0.6 is 58.0 Å². The predicted octanol–water partition coefficient (Wildman–Crippen LogP) is 6.02. The number of hydrogen-bond donors (Lipinski definition) is 0. The molecule has 1 aromatic carbocycles. The van der Waals surface area contributed by atoms with E-state index in [1.54, 1.807) is 18.2 Å². The van der Waals surface area contributed by atoms with Crippen LogP contribution in [0.4, 0.5) is 0 Å². The lowest BCUT2D eigenvalue weighted by atomic mass is 10.1. The first kappa shape index (κ1) is 13.3. The van der Waals surface area contributed by atoms with Crippen LogP contribution in [0.2, 0.25) is 25.2 Å². The van der Waals surface area contributed by atoms with E-state index in [0.717, 1.165) is 0 Å². The maximum atomic E-state index is 6.11. The quantitative estimate of drug-likeness (QED) is 0.461. The molecule has 0 atom stereocenters. The van der Waals surface area contributed by atoms with Gasteiger partial charge in [-0.2, -0.15) is 0 Å². The molecule has 0 fully saturated rings. The zero-order chi connectivity index (χ0) is 12.6. The van der Waals surface area contributed by atoms with E-state index in [1.807, 2.05) is 0 Å². The van der Waals surface area contributed by atoms with Gasteiger partial charge in [-0.25, -0.2) is 4.98 Å². The van der Waals surface area contributed by atoms with Crippen molar-refractivity contribution in [2.75, 3.05) is 0 Å². The molecule has 88 valence electrons. The van der Waals surface area contributed by atoms with Gasteiger partial charge in [0.2, 0.25) is 0 Å². The number of pyridine rings is 1. The number of rotatable bonds is 1. The van der Waals surface area contributed by atoms with Crippen LogP contribution < -0.4 is 0 Å². The molecule has 0 bridgehead atoms. The highest BCUT2D eigenvalue weighted by atomic mass is 35.5. The van der Waals surface area contributed by atoms with Gasteiger partial charge in [-0.15, -0.1) is 0 Å². The van der Waals surface area contributed by atoms with Crippen LogP contribution in [-0.2, 0) is 0 Å². The van der Waals surface area contributed by atoms with Gasteiger partial charge in [0.05, 0.1) is 20.1 Å². The van der Waals surface area contributed by atoms with Crippen molar-refractivity contribution < 1.29 is 0 Å². The van der Waals surface area contributed by atoms with Gasteiger partial charge in [0.15, 0.2) is 0 Å². The molecule has 0 aliphatic heterocycles. The Bertz CT molecular complexity index is 582. The van der Waals surface area contributed by atoms with Crippen LogP contribution in [0, 0.1) is 0 Å². The van der Waals surface area contributed by atoms with Crippen LogP contribution in [0.5, 0.6) is 0 Å². The van der Waals surface area contributed by atoms with Crippen molar-refractivity contribution in [1.82, 2.24) is 4.98 Å². The molecule has 6 heteroatoms. The van der Waals surface area contributed by atoms with E-state index < -0.39 is 0 Å². The molecule has 0 spiro atoms. The van der Waals surface area contributed by atoms with E-state index in [1.165, 1.54) is 6.20 Å². The zero-order valence-corrected chi connectivity index (χ0v) is 11.9. The smallest absolute Gasteiger partial charge is 0.137 e. The summed E-state index contributed by atoms with van der Waals surface area (Å²) in [5, 5.41) is 1.86. The summed E-state index contributed by atoms with van der Waals surface area (Å²) in [7, 11) is 0. The molecule has 1 nitrogen and oxygen atoms in total. The predicted molar refractivity (Wildman–Crippen MR) is 74.7 cm³/mol. The highest BCUT2D eigenvalue weighted by Crippen LogP contribution is 2.41. The molecule has 17 heavy (non-hydrogen) atoms. The lowest BCUT2D eigenvalue weighted by Crippen LogP contribution is -1.87. The largest absolute Gasteiger partial charge is 0.242 e. The minimum atomic E-state index is 0.264. The van der Waals surface area contributed by atoms with Crippen molar-refractivity contribution in [2.24, 2.45) is 0 Å². The average Bonchev–Trinajstić information content (AvgIpc) is 2.29. The molecular weight excluding hydrogens is 323 g/mol. The Labute approximate surface area is 123 Å². The lowest BCUT2D eigenvalue weighted by molar-refractivity contribution is 1.33. The first-order chi connectivity index (χ1) is 8.00. The Morgan fingerprint density at radius 2 is 1.53 bits per heavy atom. The van der Waals surface area contributed by atoms with Crippen molar-refractivity contribution in [3.05, 3.63) is 49.6 Å². The zero-order valence-electron chi connectivity index (χ0n) is 8.15. The van der Waals surface area contributed by atoms with Crippen LogP contribution in [0.15, 0.2) is 24.4 Å². The van der Waals surface area contributed by atoms with E-state index in [4.69, 9.17) is 58.0 Å². The molecule has 0 saturated heterocycles. The summed E-state index contributed by atoms with van der Waals surface area (Å²) in [6.45, 7) is 0. The van der Waals surface area contributed by atoms with Crippen LogP contribution in [-0.4, -0.2) is 4.98 Å². The van der Waals surface area contributed by atoms with Gasteiger partial charge in [-0.05, 0) is 18.2 Å². The summed E-state index contributed by atoms with van der Waals surface area (Å²) in [5.41, 5.74) is 1.08. The molecule has 0 aliphatic carbocycles. The van der Waals surface area contributed by atoms with E-state index in [2.05, 4.69) is 4.98 Å². The summed E-state index contributed by atoms with van der Waals surface area (Å²) in [6, 6.07) is 4.89. The van der Waals surface area contributed by atoms with Crippen LogP contribution in [0.3, 0.4) is 0 Å². The average molecular weight is 327 g/mol. The number of benzene rings is 1. The highest BCUT2D eigenvalue weighted by molar-refractivity contribution is 6.46. The third-order valence-electron chi connectivity index (χ3n) is 2.12. The molecule has 2 aromatic rings. The SMILES string of the molecule is Clc1cnc(Cl)c(-c2c(Cl)ccc(Cl)c2Cl)c1. The Balaban J connectivity index is 2.76. The van der Waals surface area contributed by atoms with Crippen LogP contribution in [0.1, 0.15) is 0 Å². The van der Waals surface area contributed by atoms with Crippen molar-refractivity contribution in [2.45, 2.75) is 0 Å². The second-order valence-electron chi connectivity index (χ2n) is 3.21. The standard InChI is InChI=1S/C11H4Cl5N/c12-5-3-6(11(16)17-4-5)9-7(13)1-2-8(14)10(9)15/h1-4H. The Morgan fingerprint density at radius 1 is 0.882 bits per heavy atom. The normalized spacial score (nSPS) is 10.6. The molecule has 0 amide bonds. The number of halogens is 5. The molecule has 0 radical (unpaired) electrons. The molecular formula is C11H4Cl5N. The van der Waals surface area contributed by atoms with E-state index in [9.17, 15) is 0 Å². The third-order valence-corrected chi connectivity index (χ3v) is 3.75. The number of nitrogens with zero attached hydrogens (tertiary/aromatic N) is 1. The fraction of sp³-hybridized carbons (Fsp3) is 0. The molecule has 0 saturated carbocycles. The number of aromatic nitrogens is 1.